The minimum atomic E-state index is 0.125. The molecule has 1 aliphatic rings. The van der Waals surface area contributed by atoms with Gasteiger partial charge in [0.25, 0.3) is 0 Å². The number of nitrogens with one attached hydrogen (secondary N) is 1. The van der Waals surface area contributed by atoms with Gasteiger partial charge in [-0.1, -0.05) is 6.92 Å². The van der Waals surface area contributed by atoms with Gasteiger partial charge in [0.2, 0.25) is 0 Å². The molecule has 0 radical (unpaired) electrons. The third-order valence-electron chi connectivity index (χ3n) is 4.03. The fraction of sp³-hybridized carbons (Fsp3) is 0.500. The lowest BCUT2D eigenvalue weighted by Gasteiger charge is -2.25. The van der Waals surface area contributed by atoms with Crippen molar-refractivity contribution in [2.45, 2.75) is 27.2 Å². The SMILES string of the molecule is CCc1c(-c2csc(N3CCSCC3)n2)[nH]c(C)c1C(C)=O. The first-order valence-corrected chi connectivity index (χ1v) is 9.66. The molecule has 1 saturated heterocycles. The number of ketones is 1. The van der Waals surface area contributed by atoms with Crippen LogP contribution in [-0.2, 0) is 6.42 Å². The molecule has 0 saturated carbocycles. The van der Waals surface area contributed by atoms with Crippen molar-refractivity contribution in [3.63, 3.8) is 0 Å². The summed E-state index contributed by atoms with van der Waals surface area (Å²) in [5.74, 6) is 2.47. The van der Waals surface area contributed by atoms with Gasteiger partial charge in [0.05, 0.1) is 5.69 Å². The van der Waals surface area contributed by atoms with Crippen LogP contribution >= 0.6 is 23.1 Å². The normalized spacial score (nSPS) is 15.3. The van der Waals surface area contributed by atoms with Gasteiger partial charge in [-0.05, 0) is 25.8 Å². The maximum absolute atomic E-state index is 11.9. The van der Waals surface area contributed by atoms with Crippen LogP contribution in [0.5, 0.6) is 0 Å². The van der Waals surface area contributed by atoms with E-state index < -0.39 is 0 Å². The molecule has 0 unspecified atom stereocenters. The lowest BCUT2D eigenvalue weighted by molar-refractivity contribution is 0.101. The Morgan fingerprint density at radius 2 is 2.14 bits per heavy atom. The quantitative estimate of drug-likeness (QED) is 0.864. The maximum atomic E-state index is 11.9. The van der Waals surface area contributed by atoms with Gasteiger partial charge in [-0.3, -0.25) is 4.79 Å². The van der Waals surface area contributed by atoms with Crippen LogP contribution in [0.25, 0.3) is 11.4 Å². The number of hydrogen-bond acceptors (Lipinski definition) is 5. The molecule has 0 aromatic carbocycles. The highest BCUT2D eigenvalue weighted by Crippen LogP contribution is 2.33. The molecule has 1 fully saturated rings. The van der Waals surface area contributed by atoms with E-state index in [2.05, 4.69) is 22.2 Å². The summed E-state index contributed by atoms with van der Waals surface area (Å²) in [4.78, 5) is 22.5. The Morgan fingerprint density at radius 3 is 2.77 bits per heavy atom. The van der Waals surface area contributed by atoms with E-state index in [1.165, 1.54) is 11.5 Å². The molecule has 2 aromatic heterocycles. The van der Waals surface area contributed by atoms with Crippen molar-refractivity contribution in [3.05, 3.63) is 22.2 Å². The molecule has 0 amide bonds. The van der Waals surface area contributed by atoms with Crippen molar-refractivity contribution in [2.24, 2.45) is 0 Å². The molecule has 22 heavy (non-hydrogen) atoms. The summed E-state index contributed by atoms with van der Waals surface area (Å²) in [5, 5.41) is 3.19. The standard InChI is InChI=1S/C16H21N3OS2/c1-4-12-14(11(3)20)10(2)17-15(12)13-9-22-16(18-13)19-5-7-21-8-6-19/h9,17H,4-8H2,1-3H3. The second-order valence-corrected chi connectivity index (χ2v) is 7.56. The number of H-pyrrole nitrogens is 1. The molecule has 118 valence electrons. The third kappa shape index (κ3) is 2.82. The van der Waals surface area contributed by atoms with Crippen LogP contribution in [0, 0.1) is 6.92 Å². The zero-order valence-electron chi connectivity index (χ0n) is 13.2. The minimum absolute atomic E-state index is 0.125. The van der Waals surface area contributed by atoms with Crippen LogP contribution in [0.15, 0.2) is 5.38 Å². The fourth-order valence-corrected chi connectivity index (χ4v) is 4.78. The molecule has 0 bridgehead atoms. The van der Waals surface area contributed by atoms with E-state index in [4.69, 9.17) is 4.98 Å². The van der Waals surface area contributed by atoms with Crippen LogP contribution in [0.3, 0.4) is 0 Å². The number of aromatic nitrogens is 2. The lowest BCUT2D eigenvalue weighted by Crippen LogP contribution is -2.32. The Kier molecular flexibility index (Phi) is 4.59. The van der Waals surface area contributed by atoms with Crippen molar-refractivity contribution >= 4 is 34.0 Å². The molecule has 2 aromatic rings. The Bertz CT molecular complexity index is 684. The van der Waals surface area contributed by atoms with Gasteiger partial charge < -0.3 is 9.88 Å². The predicted molar refractivity (Wildman–Crippen MR) is 95.6 cm³/mol. The first-order valence-electron chi connectivity index (χ1n) is 7.62. The Labute approximate surface area is 139 Å². The number of Topliss-reactive ketones (excluding diaryl/α,β-unsaturated/α-hetero) is 1. The second kappa shape index (κ2) is 6.46. The number of anilines is 1. The van der Waals surface area contributed by atoms with Crippen LogP contribution in [0.4, 0.5) is 5.13 Å². The largest absolute Gasteiger partial charge is 0.356 e. The molecular weight excluding hydrogens is 314 g/mol. The Morgan fingerprint density at radius 1 is 1.41 bits per heavy atom. The zero-order valence-corrected chi connectivity index (χ0v) is 14.9. The smallest absolute Gasteiger partial charge is 0.185 e. The van der Waals surface area contributed by atoms with E-state index in [-0.39, 0.29) is 5.78 Å². The number of thiazole rings is 1. The van der Waals surface area contributed by atoms with Gasteiger partial charge in [-0.2, -0.15) is 11.8 Å². The van der Waals surface area contributed by atoms with Gasteiger partial charge in [-0.25, -0.2) is 4.98 Å². The molecule has 4 nitrogen and oxygen atoms in total. The Balaban J connectivity index is 1.96. The van der Waals surface area contributed by atoms with Crippen molar-refractivity contribution in [1.29, 1.82) is 0 Å². The number of aromatic amines is 1. The zero-order chi connectivity index (χ0) is 15.7. The minimum Gasteiger partial charge on any atom is -0.356 e. The summed E-state index contributed by atoms with van der Waals surface area (Å²) in [6.45, 7) is 7.83. The van der Waals surface area contributed by atoms with Gasteiger partial charge in [0.15, 0.2) is 10.9 Å². The number of aryl methyl sites for hydroxylation is 1. The topological polar surface area (TPSA) is 49.0 Å². The average molecular weight is 335 g/mol. The van der Waals surface area contributed by atoms with Gasteiger partial charge in [0, 0.05) is 41.2 Å². The summed E-state index contributed by atoms with van der Waals surface area (Å²) >= 11 is 3.70. The number of thioether (sulfide) groups is 1. The summed E-state index contributed by atoms with van der Waals surface area (Å²) in [6.07, 6.45) is 0.835. The molecule has 0 atom stereocenters. The van der Waals surface area contributed by atoms with Gasteiger partial charge >= 0.3 is 0 Å². The average Bonchev–Trinajstić information content (AvgIpc) is 3.12. The van der Waals surface area contributed by atoms with E-state index in [1.54, 1.807) is 18.3 Å². The van der Waals surface area contributed by atoms with E-state index >= 15 is 0 Å². The van der Waals surface area contributed by atoms with E-state index in [0.29, 0.717) is 0 Å². The molecule has 3 heterocycles. The number of nitrogens with zero attached hydrogens (tertiary/aromatic N) is 2. The second-order valence-electron chi connectivity index (χ2n) is 5.50. The highest BCUT2D eigenvalue weighted by Gasteiger charge is 2.21. The Hall–Kier alpha value is -1.27. The molecule has 1 N–H and O–H groups in total. The molecule has 3 rings (SSSR count). The van der Waals surface area contributed by atoms with Crippen molar-refractivity contribution in [2.75, 3.05) is 29.5 Å². The lowest BCUT2D eigenvalue weighted by atomic mass is 10.0. The summed E-state index contributed by atoms with van der Waals surface area (Å²) < 4.78 is 0. The summed E-state index contributed by atoms with van der Waals surface area (Å²) in [7, 11) is 0. The highest BCUT2D eigenvalue weighted by molar-refractivity contribution is 7.99. The fourth-order valence-electron chi connectivity index (χ4n) is 3.00. The molecule has 0 aliphatic carbocycles. The molecule has 6 heteroatoms. The van der Waals surface area contributed by atoms with Crippen LogP contribution < -0.4 is 4.90 Å². The monoisotopic (exact) mass is 335 g/mol. The molecule has 1 aliphatic heterocycles. The van der Waals surface area contributed by atoms with Crippen molar-refractivity contribution < 1.29 is 4.79 Å². The van der Waals surface area contributed by atoms with Crippen LogP contribution in [0.1, 0.15) is 35.5 Å². The van der Waals surface area contributed by atoms with Gasteiger partial charge in [-0.15, -0.1) is 11.3 Å². The summed E-state index contributed by atoms with van der Waals surface area (Å²) in [5.41, 5.74) is 4.85. The first kappa shape index (κ1) is 15.6. The van der Waals surface area contributed by atoms with E-state index in [0.717, 1.165) is 52.9 Å². The predicted octanol–water partition coefficient (Wildman–Crippen LogP) is 3.76. The third-order valence-corrected chi connectivity index (χ3v) is 5.87. The maximum Gasteiger partial charge on any atom is 0.185 e. The van der Waals surface area contributed by atoms with Crippen molar-refractivity contribution in [3.8, 4) is 11.4 Å². The number of carbonyl (C=O) groups excluding carboxylic acids is 1. The number of rotatable bonds is 4. The highest BCUT2D eigenvalue weighted by atomic mass is 32.2. The number of carbonyl (C=O) groups is 1. The first-order chi connectivity index (χ1) is 10.6. The van der Waals surface area contributed by atoms with Crippen molar-refractivity contribution in [1.82, 2.24) is 9.97 Å². The van der Waals surface area contributed by atoms with Gasteiger partial charge in [0.1, 0.15) is 5.69 Å². The van der Waals surface area contributed by atoms with Crippen LogP contribution in [0.2, 0.25) is 0 Å². The molecular formula is C16H21N3OS2. The van der Waals surface area contributed by atoms with Crippen LogP contribution in [-0.4, -0.2) is 40.3 Å². The summed E-state index contributed by atoms with van der Waals surface area (Å²) in [6, 6.07) is 0. The van der Waals surface area contributed by atoms with E-state index in [1.807, 2.05) is 18.7 Å². The molecule has 0 spiro atoms. The number of hydrogen-bond donors (Lipinski definition) is 1. The van der Waals surface area contributed by atoms with E-state index in [9.17, 15) is 4.79 Å².